The monoisotopic (exact) mass is 613 g/mol. The predicted octanol–water partition coefficient (Wildman–Crippen LogP) is 7.76. The first-order valence-corrected chi connectivity index (χ1v) is 17.6. The Morgan fingerprint density at radius 3 is 1.43 bits per heavy atom. The Morgan fingerprint density at radius 1 is 0.571 bits per heavy atom. The molecule has 4 aliphatic rings. The minimum absolute atomic E-state index is 0.0911. The number of aliphatic hydroxyl groups is 1. The number of hydrogen-bond donors (Lipinski definition) is 2. The fourth-order valence-corrected chi connectivity index (χ4v) is 8.25. The third kappa shape index (κ3) is 9.43. The van der Waals surface area contributed by atoms with Crippen LogP contribution in [0.2, 0.25) is 10.0 Å². The summed E-state index contributed by atoms with van der Waals surface area (Å²) in [4.78, 5) is 5.21. The zero-order valence-corrected chi connectivity index (χ0v) is 27.0. The summed E-state index contributed by atoms with van der Waals surface area (Å²) in [5.41, 5.74) is 9.15. The summed E-state index contributed by atoms with van der Waals surface area (Å²) < 4.78 is 0. The van der Waals surface area contributed by atoms with E-state index in [4.69, 9.17) is 28.9 Å². The normalized spacial score (nSPS) is 28.7. The summed E-state index contributed by atoms with van der Waals surface area (Å²) in [6, 6.07) is 18.1. The minimum Gasteiger partial charge on any atom is -0.391 e. The summed E-state index contributed by atoms with van der Waals surface area (Å²) in [5.74, 6) is 1.60. The molecule has 0 spiro atoms. The van der Waals surface area contributed by atoms with Gasteiger partial charge in [-0.05, 0) is 138 Å². The van der Waals surface area contributed by atoms with Gasteiger partial charge in [0.2, 0.25) is 0 Å². The number of piperidine rings is 2. The van der Waals surface area contributed by atoms with Gasteiger partial charge in [-0.3, -0.25) is 9.80 Å². The molecule has 2 aromatic carbocycles. The van der Waals surface area contributed by atoms with Gasteiger partial charge in [0.05, 0.1) is 6.10 Å². The summed E-state index contributed by atoms with van der Waals surface area (Å²) in [6.45, 7) is 4.77. The maximum Gasteiger partial charge on any atom is 0.0695 e. The molecule has 2 heterocycles. The fourth-order valence-electron chi connectivity index (χ4n) is 8.00. The highest BCUT2D eigenvalue weighted by molar-refractivity contribution is 6.30. The first-order valence-electron chi connectivity index (χ1n) is 16.8. The van der Waals surface area contributed by atoms with Crippen molar-refractivity contribution in [2.75, 3.05) is 26.2 Å². The third-order valence-electron chi connectivity index (χ3n) is 10.6. The van der Waals surface area contributed by atoms with E-state index in [0.29, 0.717) is 18.1 Å². The lowest BCUT2D eigenvalue weighted by Gasteiger charge is -2.42. The van der Waals surface area contributed by atoms with Gasteiger partial charge in [0.25, 0.3) is 0 Å². The van der Waals surface area contributed by atoms with Gasteiger partial charge >= 0.3 is 0 Å². The minimum atomic E-state index is -0.0911. The molecule has 0 bridgehead atoms. The van der Waals surface area contributed by atoms with E-state index in [-0.39, 0.29) is 6.10 Å². The average Bonchev–Trinajstić information content (AvgIpc) is 3.01. The van der Waals surface area contributed by atoms with Crippen molar-refractivity contribution >= 4 is 23.2 Å². The van der Waals surface area contributed by atoms with Crippen LogP contribution in [0.15, 0.2) is 48.5 Å². The van der Waals surface area contributed by atoms with E-state index in [2.05, 4.69) is 34.1 Å². The fraction of sp³-hybridized carbons (Fsp3) is 0.667. The van der Waals surface area contributed by atoms with Crippen LogP contribution in [0.1, 0.15) is 88.2 Å². The lowest BCUT2D eigenvalue weighted by atomic mass is 9.85. The third-order valence-corrected chi connectivity index (χ3v) is 11.1. The van der Waals surface area contributed by atoms with Crippen LogP contribution in [0.4, 0.5) is 0 Å². The molecule has 232 valence electrons. The molecule has 0 amide bonds. The van der Waals surface area contributed by atoms with Gasteiger partial charge in [-0.15, -0.1) is 0 Å². The van der Waals surface area contributed by atoms with Crippen LogP contribution < -0.4 is 5.73 Å². The number of benzene rings is 2. The molecule has 0 radical (unpaired) electrons. The highest BCUT2D eigenvalue weighted by Gasteiger charge is 2.32. The number of nitrogens with two attached hydrogens (primary N) is 1. The lowest BCUT2D eigenvalue weighted by molar-refractivity contribution is 0.00406. The molecule has 2 aromatic rings. The smallest absolute Gasteiger partial charge is 0.0695 e. The summed E-state index contributed by atoms with van der Waals surface area (Å²) in [5, 5.41) is 11.8. The van der Waals surface area contributed by atoms with Crippen molar-refractivity contribution in [2.45, 2.75) is 114 Å². The molecule has 6 heteroatoms. The second kappa shape index (κ2) is 16.3. The Labute approximate surface area is 264 Å². The summed E-state index contributed by atoms with van der Waals surface area (Å²) in [7, 11) is 0. The molecule has 2 saturated heterocycles. The number of hydrogen-bond acceptors (Lipinski definition) is 4. The van der Waals surface area contributed by atoms with Gasteiger partial charge in [-0.2, -0.15) is 0 Å². The van der Waals surface area contributed by atoms with E-state index in [0.717, 1.165) is 47.8 Å². The number of likely N-dealkylation sites (tertiary alicyclic amines) is 2. The largest absolute Gasteiger partial charge is 0.391 e. The van der Waals surface area contributed by atoms with Crippen LogP contribution in [0, 0.1) is 11.8 Å². The summed E-state index contributed by atoms with van der Waals surface area (Å²) >= 11 is 11.9. The SMILES string of the molecule is N[C@@H]1CCCC[C@H]1N1CCC(Cc2ccc(Cl)cc2)CC1.O[C@@H]1CCCC[C@H]1N1CCC(Cc2ccc(Cl)cc2)CC1. The molecule has 42 heavy (non-hydrogen) atoms. The first kappa shape index (κ1) is 32.3. The number of rotatable bonds is 6. The van der Waals surface area contributed by atoms with Crippen molar-refractivity contribution < 1.29 is 5.11 Å². The number of nitrogens with zero attached hydrogens (tertiary/aromatic N) is 2. The van der Waals surface area contributed by atoms with Crippen LogP contribution in [-0.4, -0.2) is 65.3 Å². The first-order chi connectivity index (χ1) is 20.4. The average molecular weight is 615 g/mol. The van der Waals surface area contributed by atoms with Crippen molar-refractivity contribution in [1.29, 1.82) is 0 Å². The van der Waals surface area contributed by atoms with E-state index in [9.17, 15) is 5.11 Å². The van der Waals surface area contributed by atoms with Gasteiger partial charge in [-0.25, -0.2) is 0 Å². The second-order valence-corrected chi connectivity index (χ2v) is 14.4. The maximum atomic E-state index is 10.2. The highest BCUT2D eigenvalue weighted by Crippen LogP contribution is 2.30. The molecule has 4 atom stereocenters. The predicted molar refractivity (Wildman–Crippen MR) is 177 cm³/mol. The van der Waals surface area contributed by atoms with Crippen LogP contribution in [0.5, 0.6) is 0 Å². The van der Waals surface area contributed by atoms with E-state index in [1.165, 1.54) is 101 Å². The van der Waals surface area contributed by atoms with E-state index in [1.54, 1.807) is 0 Å². The molecule has 6 rings (SSSR count). The molecule has 4 fully saturated rings. The summed E-state index contributed by atoms with van der Waals surface area (Å²) in [6.07, 6.45) is 17.3. The molecule has 0 aromatic heterocycles. The Kier molecular flexibility index (Phi) is 12.5. The van der Waals surface area contributed by atoms with Crippen molar-refractivity contribution in [1.82, 2.24) is 9.80 Å². The van der Waals surface area contributed by atoms with Gasteiger partial charge in [0.1, 0.15) is 0 Å². The number of aliphatic hydroxyl groups excluding tert-OH is 1. The maximum absolute atomic E-state index is 10.2. The molecule has 2 aliphatic carbocycles. The van der Waals surface area contributed by atoms with Crippen molar-refractivity contribution in [3.8, 4) is 0 Å². The Morgan fingerprint density at radius 2 is 0.976 bits per heavy atom. The zero-order chi connectivity index (χ0) is 29.3. The van der Waals surface area contributed by atoms with Gasteiger partial charge in [-0.1, -0.05) is 73.2 Å². The van der Waals surface area contributed by atoms with Crippen LogP contribution in [0.25, 0.3) is 0 Å². The quantitative estimate of drug-likeness (QED) is 0.349. The van der Waals surface area contributed by atoms with Crippen LogP contribution >= 0.6 is 23.2 Å². The molecule has 0 unspecified atom stereocenters. The topological polar surface area (TPSA) is 52.7 Å². The van der Waals surface area contributed by atoms with Gasteiger partial charge < -0.3 is 10.8 Å². The van der Waals surface area contributed by atoms with Crippen LogP contribution in [-0.2, 0) is 12.8 Å². The van der Waals surface area contributed by atoms with E-state index < -0.39 is 0 Å². The lowest BCUT2D eigenvalue weighted by Crippen LogP contribution is -2.52. The standard InChI is InChI=1S/C18H27ClN2.C18H26ClNO/c19-16-7-5-14(6-8-16)13-15-9-11-21(12-10-15)18-4-2-1-3-17(18)20;19-16-7-5-14(6-8-16)13-15-9-11-20(12-10-15)17-3-1-2-4-18(17)21/h5-8,15,17-18H,1-4,9-13,20H2;5-8,15,17-18,21H,1-4,9-13H2/t2*17-,18-/m11/s1. The van der Waals surface area contributed by atoms with Gasteiger partial charge in [0.15, 0.2) is 0 Å². The molecule has 2 aliphatic heterocycles. The molecule has 3 N–H and O–H groups in total. The molecule has 4 nitrogen and oxygen atoms in total. The second-order valence-electron chi connectivity index (χ2n) is 13.6. The van der Waals surface area contributed by atoms with Crippen LogP contribution in [0.3, 0.4) is 0 Å². The number of halogens is 2. The van der Waals surface area contributed by atoms with E-state index >= 15 is 0 Å². The van der Waals surface area contributed by atoms with Crippen molar-refractivity contribution in [3.05, 3.63) is 69.7 Å². The molecule has 2 saturated carbocycles. The van der Waals surface area contributed by atoms with Gasteiger partial charge in [0, 0.05) is 28.2 Å². The Bertz CT molecular complexity index is 963. The van der Waals surface area contributed by atoms with Crippen molar-refractivity contribution in [2.24, 2.45) is 17.6 Å². The Balaban J connectivity index is 0.000000168. The molecular weight excluding hydrogens is 561 g/mol. The Hall–Kier alpha value is -1.14. The van der Waals surface area contributed by atoms with E-state index in [1.807, 2.05) is 24.3 Å². The van der Waals surface area contributed by atoms with Crippen molar-refractivity contribution in [3.63, 3.8) is 0 Å². The highest BCUT2D eigenvalue weighted by atomic mass is 35.5. The zero-order valence-electron chi connectivity index (χ0n) is 25.5. The molecular formula is C36H53Cl2N3O.